The van der Waals surface area contributed by atoms with E-state index in [0.717, 1.165) is 10.9 Å². The Bertz CT molecular complexity index is 1110. The van der Waals surface area contributed by atoms with E-state index in [1.165, 1.54) is 4.31 Å². The molecule has 3 aromatic carbocycles. The standard InChI is InChI=1S/C21H21NO5S/c1-26-19-10-3-2-6-16(19)13-27-14-17(23)12-22-18-9-4-7-15-8-5-11-20(21(15)18)28(22,24)25/h2-11,17,23H,12-14H2,1H3/t17-/m0/s1. The van der Waals surface area contributed by atoms with Crippen LogP contribution in [0.4, 0.5) is 5.69 Å². The van der Waals surface area contributed by atoms with E-state index in [2.05, 4.69) is 0 Å². The number of sulfonamides is 1. The minimum atomic E-state index is -3.68. The van der Waals surface area contributed by atoms with Crippen molar-refractivity contribution in [2.45, 2.75) is 17.6 Å². The summed E-state index contributed by atoms with van der Waals surface area (Å²) in [5, 5.41) is 12.0. The Morgan fingerprint density at radius 3 is 2.57 bits per heavy atom. The zero-order valence-corrected chi connectivity index (χ0v) is 16.2. The lowest BCUT2D eigenvalue weighted by Gasteiger charge is -2.22. The van der Waals surface area contributed by atoms with Gasteiger partial charge < -0.3 is 14.6 Å². The Morgan fingerprint density at radius 1 is 1.04 bits per heavy atom. The molecule has 28 heavy (non-hydrogen) atoms. The van der Waals surface area contributed by atoms with Crippen molar-refractivity contribution in [1.29, 1.82) is 0 Å². The van der Waals surface area contributed by atoms with Gasteiger partial charge in [0, 0.05) is 10.9 Å². The van der Waals surface area contributed by atoms with Gasteiger partial charge in [0.25, 0.3) is 10.0 Å². The summed E-state index contributed by atoms with van der Waals surface area (Å²) in [5.41, 5.74) is 1.46. The summed E-state index contributed by atoms with van der Waals surface area (Å²) in [6.45, 7) is 0.210. The molecule has 7 heteroatoms. The van der Waals surface area contributed by atoms with Crippen LogP contribution in [0.15, 0.2) is 65.6 Å². The number of hydrogen-bond acceptors (Lipinski definition) is 5. The summed E-state index contributed by atoms with van der Waals surface area (Å²) in [5.74, 6) is 0.709. The highest BCUT2D eigenvalue weighted by Gasteiger charge is 2.36. The van der Waals surface area contributed by atoms with Crippen LogP contribution in [0.1, 0.15) is 5.56 Å². The fourth-order valence-electron chi connectivity index (χ4n) is 3.53. The zero-order chi connectivity index (χ0) is 19.7. The van der Waals surface area contributed by atoms with Gasteiger partial charge >= 0.3 is 0 Å². The second-order valence-corrected chi connectivity index (χ2v) is 8.48. The second-order valence-electron chi connectivity index (χ2n) is 6.65. The summed E-state index contributed by atoms with van der Waals surface area (Å²) in [7, 11) is -2.10. The third kappa shape index (κ3) is 3.22. The van der Waals surface area contributed by atoms with E-state index in [1.54, 1.807) is 25.3 Å². The summed E-state index contributed by atoms with van der Waals surface area (Å²) >= 11 is 0. The van der Waals surface area contributed by atoms with Gasteiger partial charge in [-0.25, -0.2) is 8.42 Å². The number of rotatable bonds is 7. The molecule has 0 spiro atoms. The maximum Gasteiger partial charge on any atom is 0.265 e. The van der Waals surface area contributed by atoms with Crippen LogP contribution in [0.25, 0.3) is 10.8 Å². The van der Waals surface area contributed by atoms with Gasteiger partial charge in [-0.05, 0) is 23.6 Å². The maximum absolute atomic E-state index is 12.9. The van der Waals surface area contributed by atoms with Gasteiger partial charge in [0.15, 0.2) is 0 Å². The molecule has 1 N–H and O–H groups in total. The van der Waals surface area contributed by atoms with Crippen molar-refractivity contribution in [2.75, 3.05) is 24.6 Å². The fourth-order valence-corrected chi connectivity index (χ4v) is 5.27. The third-order valence-electron chi connectivity index (χ3n) is 4.82. The highest BCUT2D eigenvalue weighted by molar-refractivity contribution is 7.93. The quantitative estimate of drug-likeness (QED) is 0.661. The summed E-state index contributed by atoms with van der Waals surface area (Å²) < 4.78 is 38.0. The molecule has 1 heterocycles. The Hall–Kier alpha value is -2.61. The molecule has 6 nitrogen and oxygen atoms in total. The minimum absolute atomic E-state index is 0.0103. The molecule has 0 amide bonds. The number of ether oxygens (including phenoxy) is 2. The second kappa shape index (κ2) is 7.43. The van der Waals surface area contributed by atoms with E-state index in [-0.39, 0.29) is 24.7 Å². The Kier molecular flexibility index (Phi) is 4.97. The number of hydrogen-bond donors (Lipinski definition) is 1. The molecule has 0 radical (unpaired) electrons. The Morgan fingerprint density at radius 2 is 1.79 bits per heavy atom. The minimum Gasteiger partial charge on any atom is -0.496 e. The van der Waals surface area contributed by atoms with E-state index in [4.69, 9.17) is 9.47 Å². The molecule has 1 aliphatic rings. The zero-order valence-electron chi connectivity index (χ0n) is 15.4. The van der Waals surface area contributed by atoms with Crippen LogP contribution < -0.4 is 9.04 Å². The Labute approximate surface area is 164 Å². The van der Waals surface area contributed by atoms with Gasteiger partial charge in [0.1, 0.15) is 5.75 Å². The van der Waals surface area contributed by atoms with Crippen molar-refractivity contribution in [1.82, 2.24) is 0 Å². The maximum atomic E-state index is 12.9. The van der Waals surface area contributed by atoms with Gasteiger partial charge in [-0.3, -0.25) is 4.31 Å². The molecule has 4 rings (SSSR count). The van der Waals surface area contributed by atoms with E-state index in [0.29, 0.717) is 16.8 Å². The highest BCUT2D eigenvalue weighted by atomic mass is 32.2. The fraction of sp³-hybridized carbons (Fsp3) is 0.238. The molecule has 3 aromatic rings. The van der Waals surface area contributed by atoms with Gasteiger partial charge in [0.05, 0.1) is 43.6 Å². The molecule has 0 saturated heterocycles. The molecule has 146 valence electrons. The monoisotopic (exact) mass is 399 g/mol. The predicted octanol–water partition coefficient (Wildman–Crippen LogP) is 2.93. The first-order valence-electron chi connectivity index (χ1n) is 8.94. The number of aliphatic hydroxyl groups is 1. The average Bonchev–Trinajstić information content (AvgIpc) is 2.92. The third-order valence-corrected chi connectivity index (χ3v) is 6.64. The van der Waals surface area contributed by atoms with E-state index < -0.39 is 16.1 Å². The predicted molar refractivity (Wildman–Crippen MR) is 107 cm³/mol. The SMILES string of the molecule is COc1ccccc1COC[C@@H](O)CN1c2cccc3cccc(c23)S1(=O)=O. The van der Waals surface area contributed by atoms with Crippen LogP contribution in [-0.4, -0.2) is 39.9 Å². The Balaban J connectivity index is 1.47. The van der Waals surface area contributed by atoms with Crippen molar-refractivity contribution in [3.8, 4) is 5.75 Å². The molecule has 0 fully saturated rings. The van der Waals surface area contributed by atoms with Crippen molar-refractivity contribution < 1.29 is 23.0 Å². The van der Waals surface area contributed by atoms with Crippen molar-refractivity contribution in [3.63, 3.8) is 0 Å². The number of methoxy groups -OCH3 is 1. The largest absolute Gasteiger partial charge is 0.496 e. The number of nitrogens with zero attached hydrogens (tertiary/aromatic N) is 1. The lowest BCUT2D eigenvalue weighted by molar-refractivity contribution is 0.0327. The van der Waals surface area contributed by atoms with Crippen LogP contribution in [0.2, 0.25) is 0 Å². The summed E-state index contributed by atoms with van der Waals surface area (Å²) in [6, 6.07) is 18.2. The first kappa shape index (κ1) is 18.7. The number of benzene rings is 3. The topological polar surface area (TPSA) is 76.1 Å². The molecule has 1 atom stereocenters. The highest BCUT2D eigenvalue weighted by Crippen LogP contribution is 2.41. The van der Waals surface area contributed by atoms with Crippen LogP contribution in [0, 0.1) is 0 Å². The van der Waals surface area contributed by atoms with E-state index >= 15 is 0 Å². The normalized spacial score (nSPS) is 15.7. The van der Waals surface area contributed by atoms with Crippen molar-refractivity contribution >= 4 is 26.5 Å². The molecular weight excluding hydrogens is 378 g/mol. The van der Waals surface area contributed by atoms with Crippen LogP contribution in [-0.2, 0) is 21.4 Å². The van der Waals surface area contributed by atoms with Gasteiger partial charge in [0.2, 0.25) is 0 Å². The lowest BCUT2D eigenvalue weighted by Crippen LogP contribution is -2.37. The molecular formula is C21H21NO5S. The molecule has 0 bridgehead atoms. The van der Waals surface area contributed by atoms with Crippen LogP contribution >= 0.6 is 0 Å². The average molecular weight is 399 g/mol. The molecule has 0 aliphatic carbocycles. The summed E-state index contributed by atoms with van der Waals surface area (Å²) in [4.78, 5) is 0.280. The van der Waals surface area contributed by atoms with Gasteiger partial charge in [-0.15, -0.1) is 0 Å². The van der Waals surface area contributed by atoms with Crippen LogP contribution in [0.5, 0.6) is 5.75 Å². The molecule has 0 aromatic heterocycles. The van der Waals surface area contributed by atoms with E-state index in [9.17, 15) is 13.5 Å². The molecule has 1 aliphatic heterocycles. The van der Waals surface area contributed by atoms with Crippen LogP contribution in [0.3, 0.4) is 0 Å². The van der Waals surface area contributed by atoms with Crippen molar-refractivity contribution in [3.05, 3.63) is 66.2 Å². The molecule has 0 unspecified atom stereocenters. The van der Waals surface area contributed by atoms with Gasteiger partial charge in [-0.2, -0.15) is 0 Å². The smallest absolute Gasteiger partial charge is 0.265 e. The number of β-amino-alcohol motifs (C(OH)–C–C–N with tert-alkyl or cyclic N) is 1. The van der Waals surface area contributed by atoms with Gasteiger partial charge in [-0.1, -0.05) is 42.5 Å². The molecule has 0 saturated carbocycles. The number of anilines is 1. The lowest BCUT2D eigenvalue weighted by atomic mass is 10.1. The first-order chi connectivity index (χ1) is 13.5. The first-order valence-corrected chi connectivity index (χ1v) is 10.4. The number of para-hydroxylation sites is 1. The van der Waals surface area contributed by atoms with Crippen molar-refractivity contribution in [2.24, 2.45) is 0 Å². The van der Waals surface area contributed by atoms with E-state index in [1.807, 2.05) is 42.5 Å². The number of aliphatic hydroxyl groups excluding tert-OH is 1. The summed E-state index contributed by atoms with van der Waals surface area (Å²) in [6.07, 6.45) is -0.964.